The first-order valence-corrected chi connectivity index (χ1v) is 9.34. The molecular weight excluding hydrogens is 366 g/mol. The second-order valence-electron chi connectivity index (χ2n) is 4.89. The van der Waals surface area contributed by atoms with Gasteiger partial charge in [0.25, 0.3) is 5.12 Å². The van der Waals surface area contributed by atoms with Gasteiger partial charge in [0.05, 0.1) is 10.2 Å². The molecule has 0 aliphatic rings. The zero-order valence-electron chi connectivity index (χ0n) is 12.8. The van der Waals surface area contributed by atoms with Crippen molar-refractivity contribution in [2.45, 2.75) is 24.3 Å². The van der Waals surface area contributed by atoms with Crippen molar-refractivity contribution in [1.29, 1.82) is 0 Å². The van der Waals surface area contributed by atoms with Crippen LogP contribution in [0.2, 0.25) is 0 Å². The molecule has 3 aromatic rings. The lowest BCUT2D eigenvalue weighted by Gasteiger charge is -2.04. The highest BCUT2D eigenvalue weighted by molar-refractivity contribution is 8.16. The molecule has 2 heterocycles. The van der Waals surface area contributed by atoms with Gasteiger partial charge in [-0.15, -0.1) is 11.3 Å². The maximum atomic E-state index is 12.6. The van der Waals surface area contributed by atoms with Gasteiger partial charge < -0.3 is 10.6 Å². The standard InChI is InChI=1S/C14H13N5O2S3/c1-7(2)21-18-10(11-17-13(15)24-19-11)12(20)23-14-16-8-5-3-4-6-9(8)22-14/h3-7H,1-2H3,(H2,15,17,19)/b18-10-. The molecule has 0 aliphatic carbocycles. The summed E-state index contributed by atoms with van der Waals surface area (Å²) in [5, 5.41) is 3.83. The monoisotopic (exact) mass is 379 g/mol. The number of fused-ring (bicyclic) bond motifs is 1. The first kappa shape index (κ1) is 16.8. The number of thiazole rings is 1. The van der Waals surface area contributed by atoms with Crippen molar-refractivity contribution in [1.82, 2.24) is 14.3 Å². The Balaban J connectivity index is 1.86. The topological polar surface area (TPSA) is 103 Å². The minimum absolute atomic E-state index is 0.0286. The number of nitrogens with zero attached hydrogens (tertiary/aromatic N) is 4. The molecule has 2 N–H and O–H groups in total. The summed E-state index contributed by atoms with van der Waals surface area (Å²) in [6, 6.07) is 7.70. The fourth-order valence-corrected chi connectivity index (χ4v) is 4.00. The third kappa shape index (κ3) is 3.89. The van der Waals surface area contributed by atoms with Gasteiger partial charge in [-0.1, -0.05) is 17.3 Å². The van der Waals surface area contributed by atoms with Gasteiger partial charge in [-0.05, 0) is 37.7 Å². The molecule has 0 bridgehead atoms. The number of aromatic nitrogens is 3. The van der Waals surface area contributed by atoms with E-state index in [1.54, 1.807) is 0 Å². The Bertz CT molecular complexity index is 870. The second kappa shape index (κ2) is 7.24. The van der Waals surface area contributed by atoms with Crippen LogP contribution in [0.25, 0.3) is 10.2 Å². The summed E-state index contributed by atoms with van der Waals surface area (Å²) in [4.78, 5) is 26.3. The van der Waals surface area contributed by atoms with Crippen molar-refractivity contribution in [2.24, 2.45) is 5.16 Å². The predicted molar refractivity (Wildman–Crippen MR) is 97.6 cm³/mol. The van der Waals surface area contributed by atoms with E-state index in [-0.39, 0.29) is 27.9 Å². The van der Waals surface area contributed by atoms with Crippen LogP contribution in [0.4, 0.5) is 5.13 Å². The number of thioether (sulfide) groups is 1. The predicted octanol–water partition coefficient (Wildman–Crippen LogP) is 3.18. The molecule has 0 unspecified atom stereocenters. The van der Waals surface area contributed by atoms with Crippen LogP contribution < -0.4 is 5.73 Å². The van der Waals surface area contributed by atoms with Crippen LogP contribution in [0.5, 0.6) is 0 Å². The van der Waals surface area contributed by atoms with Gasteiger partial charge in [0.15, 0.2) is 9.47 Å². The van der Waals surface area contributed by atoms with E-state index in [1.807, 2.05) is 38.1 Å². The highest BCUT2D eigenvalue weighted by Crippen LogP contribution is 2.30. The largest absolute Gasteiger partial charge is 0.392 e. The van der Waals surface area contributed by atoms with Crippen LogP contribution in [0, 0.1) is 0 Å². The number of nitrogen functional groups attached to an aromatic ring is 1. The van der Waals surface area contributed by atoms with E-state index in [9.17, 15) is 4.79 Å². The molecule has 124 valence electrons. The van der Waals surface area contributed by atoms with E-state index in [0.29, 0.717) is 4.34 Å². The van der Waals surface area contributed by atoms with Crippen molar-refractivity contribution in [2.75, 3.05) is 5.73 Å². The van der Waals surface area contributed by atoms with Gasteiger partial charge in [-0.25, -0.2) is 4.98 Å². The molecular formula is C14H13N5O2S3. The highest BCUT2D eigenvalue weighted by Gasteiger charge is 2.23. The molecule has 0 radical (unpaired) electrons. The van der Waals surface area contributed by atoms with Crippen LogP contribution in [0.15, 0.2) is 33.8 Å². The Morgan fingerprint density at radius 1 is 1.33 bits per heavy atom. The first-order chi connectivity index (χ1) is 11.5. The normalized spacial score (nSPS) is 12.0. The fourth-order valence-electron chi connectivity index (χ4n) is 1.68. The first-order valence-electron chi connectivity index (χ1n) is 6.94. The Morgan fingerprint density at radius 2 is 2.12 bits per heavy atom. The molecule has 0 aliphatic heterocycles. The van der Waals surface area contributed by atoms with Crippen molar-refractivity contribution in [3.05, 3.63) is 30.1 Å². The molecule has 0 saturated carbocycles. The number of nitrogens with two attached hydrogens (primary N) is 1. The number of para-hydroxylation sites is 1. The molecule has 0 spiro atoms. The van der Waals surface area contributed by atoms with Crippen molar-refractivity contribution < 1.29 is 9.63 Å². The van der Waals surface area contributed by atoms with E-state index in [4.69, 9.17) is 10.6 Å². The Hall–Kier alpha value is -2.04. The van der Waals surface area contributed by atoms with Crippen molar-refractivity contribution in [3.8, 4) is 0 Å². The van der Waals surface area contributed by atoms with Crippen LogP contribution in [0.1, 0.15) is 19.7 Å². The van der Waals surface area contributed by atoms with Crippen molar-refractivity contribution >= 4 is 60.8 Å². The molecule has 2 aromatic heterocycles. The van der Waals surface area contributed by atoms with E-state index in [1.165, 1.54) is 11.3 Å². The lowest BCUT2D eigenvalue weighted by Crippen LogP contribution is -2.15. The maximum Gasteiger partial charge on any atom is 0.252 e. The third-order valence-corrected chi connectivity index (χ3v) is 5.17. The van der Waals surface area contributed by atoms with Crippen LogP contribution in [0.3, 0.4) is 0 Å². The van der Waals surface area contributed by atoms with E-state index >= 15 is 0 Å². The summed E-state index contributed by atoms with van der Waals surface area (Å²) in [7, 11) is 0. The molecule has 0 saturated heterocycles. The number of rotatable bonds is 5. The minimum atomic E-state index is -0.340. The summed E-state index contributed by atoms with van der Waals surface area (Å²) < 4.78 is 5.68. The highest BCUT2D eigenvalue weighted by atomic mass is 32.2. The van der Waals surface area contributed by atoms with Gasteiger partial charge in [0, 0.05) is 11.5 Å². The molecule has 0 fully saturated rings. The molecule has 0 atom stereocenters. The summed E-state index contributed by atoms with van der Waals surface area (Å²) in [6.45, 7) is 3.63. The molecule has 3 rings (SSSR count). The zero-order valence-corrected chi connectivity index (χ0v) is 15.2. The average Bonchev–Trinajstić information content (AvgIpc) is 3.12. The molecule has 0 amide bonds. The average molecular weight is 379 g/mol. The van der Waals surface area contributed by atoms with Gasteiger partial charge >= 0.3 is 0 Å². The summed E-state index contributed by atoms with van der Waals surface area (Å²) in [6.07, 6.45) is -0.170. The lowest BCUT2D eigenvalue weighted by atomic mass is 10.3. The smallest absolute Gasteiger partial charge is 0.252 e. The number of hydrogen-bond donors (Lipinski definition) is 1. The van der Waals surface area contributed by atoms with E-state index < -0.39 is 0 Å². The van der Waals surface area contributed by atoms with Crippen molar-refractivity contribution in [3.63, 3.8) is 0 Å². The summed E-state index contributed by atoms with van der Waals surface area (Å²) in [5.41, 5.74) is 6.48. The van der Waals surface area contributed by atoms with E-state index in [2.05, 4.69) is 19.5 Å². The number of oxime groups is 1. The zero-order chi connectivity index (χ0) is 17.1. The molecule has 24 heavy (non-hydrogen) atoms. The number of hydrogen-bond acceptors (Lipinski definition) is 10. The number of carbonyl (C=O) groups is 1. The van der Waals surface area contributed by atoms with Crippen LogP contribution >= 0.6 is 34.6 Å². The van der Waals surface area contributed by atoms with Gasteiger partial charge in [0.1, 0.15) is 6.10 Å². The summed E-state index contributed by atoms with van der Waals surface area (Å²) >= 11 is 3.42. The van der Waals surface area contributed by atoms with Gasteiger partial charge in [0.2, 0.25) is 11.5 Å². The quantitative estimate of drug-likeness (QED) is 0.412. The maximum absolute atomic E-state index is 12.6. The Labute approximate surface area is 150 Å². The number of carbonyl (C=O) groups excluding carboxylic acids is 1. The van der Waals surface area contributed by atoms with Gasteiger partial charge in [-0.2, -0.15) is 9.36 Å². The molecule has 10 heteroatoms. The number of anilines is 1. The molecule has 7 nitrogen and oxygen atoms in total. The lowest BCUT2D eigenvalue weighted by molar-refractivity contribution is -0.105. The number of benzene rings is 1. The SMILES string of the molecule is CC(C)O/N=C(\C(=O)Sc1nc2ccccc2s1)c1nsc(N)n1. The third-order valence-electron chi connectivity index (χ3n) is 2.66. The van der Waals surface area contributed by atoms with Crippen LogP contribution in [-0.2, 0) is 9.63 Å². The molecule has 1 aromatic carbocycles. The van der Waals surface area contributed by atoms with Gasteiger partial charge in [-0.3, -0.25) is 4.79 Å². The second-order valence-corrected chi connectivity index (χ2v) is 7.92. The Morgan fingerprint density at radius 3 is 2.79 bits per heavy atom. The Kier molecular flexibility index (Phi) is 5.07. The van der Waals surface area contributed by atoms with E-state index in [0.717, 1.165) is 33.5 Å². The minimum Gasteiger partial charge on any atom is -0.392 e. The summed E-state index contributed by atoms with van der Waals surface area (Å²) in [5.74, 6) is 0.164. The van der Waals surface area contributed by atoms with Crippen LogP contribution in [-0.4, -0.2) is 31.3 Å². The fraction of sp³-hybridized carbons (Fsp3) is 0.214.